The summed E-state index contributed by atoms with van der Waals surface area (Å²) in [7, 11) is -3.73. The first-order valence-electron chi connectivity index (χ1n) is 8.04. The lowest BCUT2D eigenvalue weighted by molar-refractivity contribution is 0.102. The summed E-state index contributed by atoms with van der Waals surface area (Å²) in [6.45, 7) is 2.36. The Bertz CT molecular complexity index is 1000. The highest BCUT2D eigenvalue weighted by Crippen LogP contribution is 2.20. The molecule has 27 heavy (non-hydrogen) atoms. The topological polar surface area (TPSA) is 97.4 Å². The van der Waals surface area contributed by atoms with Gasteiger partial charge >= 0.3 is 0 Å². The monoisotopic (exact) mass is 403 g/mol. The van der Waals surface area contributed by atoms with Crippen LogP contribution in [-0.2, 0) is 10.0 Å². The zero-order chi connectivity index (χ0) is 19.3. The lowest BCUT2D eigenvalue weighted by Crippen LogP contribution is -2.14. The molecule has 1 amide bonds. The summed E-state index contributed by atoms with van der Waals surface area (Å²) in [5.74, 6) is 0.290. The Balaban J connectivity index is 1.68. The van der Waals surface area contributed by atoms with Gasteiger partial charge in [-0.15, -0.1) is 11.3 Å². The summed E-state index contributed by atoms with van der Waals surface area (Å²) >= 11 is 1.31. The van der Waals surface area contributed by atoms with Gasteiger partial charge in [-0.2, -0.15) is 0 Å². The van der Waals surface area contributed by atoms with Crippen LogP contribution in [0.25, 0.3) is 0 Å². The van der Waals surface area contributed by atoms with Crippen molar-refractivity contribution in [3.8, 4) is 5.75 Å². The van der Waals surface area contributed by atoms with E-state index in [2.05, 4.69) is 15.0 Å². The number of hydrogen-bond donors (Lipinski definition) is 2. The van der Waals surface area contributed by atoms with Crippen LogP contribution in [-0.4, -0.2) is 25.9 Å². The van der Waals surface area contributed by atoms with Crippen LogP contribution in [0.15, 0.2) is 65.0 Å². The average Bonchev–Trinajstić information content (AvgIpc) is 3.16. The van der Waals surface area contributed by atoms with Crippen molar-refractivity contribution >= 4 is 38.1 Å². The highest BCUT2D eigenvalue weighted by molar-refractivity contribution is 7.92. The molecule has 2 N–H and O–H groups in total. The van der Waals surface area contributed by atoms with Crippen molar-refractivity contribution < 1.29 is 17.9 Å². The van der Waals surface area contributed by atoms with Gasteiger partial charge in [0.05, 0.1) is 11.5 Å². The zero-order valence-electron chi connectivity index (χ0n) is 14.4. The number of aromatic nitrogens is 1. The number of thiazole rings is 1. The summed E-state index contributed by atoms with van der Waals surface area (Å²) in [4.78, 5) is 16.2. The molecule has 0 atom stereocenters. The fourth-order valence-electron chi connectivity index (χ4n) is 2.24. The quantitative estimate of drug-likeness (QED) is 0.628. The number of nitrogens with zero attached hydrogens (tertiary/aromatic N) is 1. The Morgan fingerprint density at radius 2 is 1.81 bits per heavy atom. The highest BCUT2D eigenvalue weighted by Gasteiger charge is 2.15. The summed E-state index contributed by atoms with van der Waals surface area (Å²) in [5.41, 5.74) is 0.754. The largest absolute Gasteiger partial charge is 0.494 e. The van der Waals surface area contributed by atoms with Crippen molar-refractivity contribution in [1.82, 2.24) is 4.98 Å². The van der Waals surface area contributed by atoms with E-state index in [1.165, 1.54) is 35.6 Å². The van der Waals surface area contributed by atoms with Gasteiger partial charge < -0.3 is 4.74 Å². The Hall–Kier alpha value is -2.91. The molecule has 1 aromatic heterocycles. The second kappa shape index (κ2) is 8.19. The second-order valence-corrected chi connectivity index (χ2v) is 7.96. The molecule has 1 heterocycles. The van der Waals surface area contributed by atoms with Crippen LogP contribution < -0.4 is 14.8 Å². The van der Waals surface area contributed by atoms with Crippen LogP contribution in [0.2, 0.25) is 0 Å². The Morgan fingerprint density at radius 3 is 2.41 bits per heavy atom. The van der Waals surface area contributed by atoms with E-state index in [-0.39, 0.29) is 10.8 Å². The molecule has 7 nitrogen and oxygen atoms in total. The number of nitrogens with one attached hydrogen (secondary N) is 2. The Kier molecular flexibility index (Phi) is 5.72. The van der Waals surface area contributed by atoms with Crippen LogP contribution in [0.3, 0.4) is 0 Å². The highest BCUT2D eigenvalue weighted by atomic mass is 32.2. The smallest absolute Gasteiger partial charge is 0.261 e. The predicted octanol–water partition coefficient (Wildman–Crippen LogP) is 3.59. The van der Waals surface area contributed by atoms with E-state index < -0.39 is 10.0 Å². The molecule has 3 rings (SSSR count). The summed E-state index contributed by atoms with van der Waals surface area (Å²) in [6, 6.07) is 12.3. The van der Waals surface area contributed by atoms with Gasteiger partial charge in [0.15, 0.2) is 5.13 Å². The molecule has 0 aliphatic heterocycles. The van der Waals surface area contributed by atoms with Crippen LogP contribution in [0.1, 0.15) is 17.3 Å². The van der Waals surface area contributed by atoms with Gasteiger partial charge in [-0.3, -0.25) is 14.8 Å². The van der Waals surface area contributed by atoms with Crippen LogP contribution in [0.5, 0.6) is 5.75 Å². The van der Waals surface area contributed by atoms with Crippen molar-refractivity contribution in [3.05, 3.63) is 65.7 Å². The third kappa shape index (κ3) is 4.83. The molecular formula is C18H17N3O4S2. The van der Waals surface area contributed by atoms with Gasteiger partial charge in [-0.05, 0) is 55.5 Å². The summed E-state index contributed by atoms with van der Waals surface area (Å²) < 4.78 is 32.7. The van der Waals surface area contributed by atoms with Gasteiger partial charge in [-0.1, -0.05) is 0 Å². The fraction of sp³-hybridized carbons (Fsp3) is 0.111. The molecule has 2 aromatic carbocycles. The van der Waals surface area contributed by atoms with E-state index in [4.69, 9.17) is 4.74 Å². The lowest BCUT2D eigenvalue weighted by Gasteiger charge is -2.10. The minimum absolute atomic E-state index is 0.122. The molecule has 3 aromatic rings. The van der Waals surface area contributed by atoms with E-state index >= 15 is 0 Å². The van der Waals surface area contributed by atoms with E-state index in [1.807, 2.05) is 6.92 Å². The first-order chi connectivity index (χ1) is 13.0. The van der Waals surface area contributed by atoms with Crippen molar-refractivity contribution in [2.24, 2.45) is 0 Å². The average molecular weight is 403 g/mol. The van der Waals surface area contributed by atoms with Crippen molar-refractivity contribution in [3.63, 3.8) is 0 Å². The standard InChI is InChI=1S/C18H17N3O4S2/c1-2-25-15-7-9-16(10-8-15)27(23,24)21-14-5-3-13(4-6-14)17(22)20-18-19-11-12-26-18/h3-12,21H,2H2,1H3,(H,19,20,22). The van der Waals surface area contributed by atoms with Gasteiger partial charge in [0.1, 0.15) is 5.75 Å². The second-order valence-electron chi connectivity index (χ2n) is 5.38. The van der Waals surface area contributed by atoms with E-state index in [0.717, 1.165) is 0 Å². The number of ether oxygens (including phenoxy) is 1. The van der Waals surface area contributed by atoms with Crippen molar-refractivity contribution in [2.75, 3.05) is 16.6 Å². The van der Waals surface area contributed by atoms with Crippen LogP contribution >= 0.6 is 11.3 Å². The van der Waals surface area contributed by atoms with E-state index in [9.17, 15) is 13.2 Å². The molecule has 0 bridgehead atoms. The number of hydrogen-bond acceptors (Lipinski definition) is 6. The number of carbonyl (C=O) groups is 1. The molecule has 0 spiro atoms. The number of sulfonamides is 1. The van der Waals surface area contributed by atoms with Crippen LogP contribution in [0, 0.1) is 0 Å². The Morgan fingerprint density at radius 1 is 1.11 bits per heavy atom. The SMILES string of the molecule is CCOc1ccc(S(=O)(=O)Nc2ccc(C(=O)Nc3nccs3)cc2)cc1. The minimum Gasteiger partial charge on any atom is -0.494 e. The number of carbonyl (C=O) groups excluding carboxylic acids is 1. The molecule has 0 unspecified atom stereocenters. The van der Waals surface area contributed by atoms with Crippen molar-refractivity contribution in [1.29, 1.82) is 0 Å². The Labute approximate surface area is 161 Å². The maximum Gasteiger partial charge on any atom is 0.261 e. The van der Waals surface area contributed by atoms with Crippen LogP contribution in [0.4, 0.5) is 10.8 Å². The normalized spacial score (nSPS) is 11.0. The zero-order valence-corrected chi connectivity index (χ0v) is 16.0. The molecule has 0 saturated carbocycles. The number of anilines is 2. The first-order valence-corrected chi connectivity index (χ1v) is 10.4. The molecule has 9 heteroatoms. The molecule has 0 saturated heterocycles. The van der Waals surface area contributed by atoms with Gasteiger partial charge in [0, 0.05) is 22.8 Å². The molecule has 140 valence electrons. The molecular weight excluding hydrogens is 386 g/mol. The lowest BCUT2D eigenvalue weighted by atomic mass is 10.2. The maximum absolute atomic E-state index is 12.5. The van der Waals surface area contributed by atoms with E-state index in [1.54, 1.807) is 35.8 Å². The maximum atomic E-state index is 12.5. The molecule has 0 aliphatic carbocycles. The first kappa shape index (κ1) is 18.9. The van der Waals surface area contributed by atoms with Gasteiger partial charge in [0.25, 0.3) is 15.9 Å². The third-order valence-electron chi connectivity index (χ3n) is 3.50. The minimum atomic E-state index is -3.73. The predicted molar refractivity (Wildman–Crippen MR) is 105 cm³/mol. The van der Waals surface area contributed by atoms with Crippen molar-refractivity contribution in [2.45, 2.75) is 11.8 Å². The van der Waals surface area contributed by atoms with E-state index in [0.29, 0.717) is 28.7 Å². The van der Waals surface area contributed by atoms with Gasteiger partial charge in [0.2, 0.25) is 0 Å². The number of benzene rings is 2. The summed E-state index contributed by atoms with van der Waals surface area (Å²) in [5, 5.41) is 4.92. The molecule has 0 radical (unpaired) electrons. The molecule has 0 fully saturated rings. The third-order valence-corrected chi connectivity index (χ3v) is 5.58. The summed E-state index contributed by atoms with van der Waals surface area (Å²) in [6.07, 6.45) is 1.60. The molecule has 0 aliphatic rings. The van der Waals surface area contributed by atoms with Gasteiger partial charge in [-0.25, -0.2) is 13.4 Å². The number of amides is 1. The number of rotatable bonds is 7. The fourth-order valence-corrected chi connectivity index (χ4v) is 3.82.